The zero-order chi connectivity index (χ0) is 13.8. The quantitative estimate of drug-likeness (QED) is 0.906. The lowest BCUT2D eigenvalue weighted by molar-refractivity contribution is 0.1000. The first-order valence-electron chi connectivity index (χ1n) is 5.95. The fourth-order valence-electron chi connectivity index (χ4n) is 1.84. The first kappa shape index (κ1) is 13.6. The van der Waals surface area contributed by atoms with Crippen LogP contribution in [0.4, 0.5) is 5.69 Å². The first-order chi connectivity index (χ1) is 9.08. The summed E-state index contributed by atoms with van der Waals surface area (Å²) in [6.45, 7) is 2.68. The second-order valence-corrected chi connectivity index (χ2v) is 5.19. The van der Waals surface area contributed by atoms with Crippen LogP contribution in [0.15, 0.2) is 46.9 Å². The lowest BCUT2D eigenvalue weighted by atomic mass is 10.0. The van der Waals surface area contributed by atoms with Crippen LogP contribution in [0.2, 0.25) is 0 Å². The fraction of sp³-hybridized carbons (Fsp3) is 0.133. The smallest absolute Gasteiger partial charge is 0.248 e. The summed E-state index contributed by atoms with van der Waals surface area (Å²) in [7, 11) is 0. The number of nitrogens with two attached hydrogens (primary N) is 1. The van der Waals surface area contributed by atoms with Gasteiger partial charge in [0.1, 0.15) is 0 Å². The molecule has 0 atom stereocenters. The molecule has 0 bridgehead atoms. The van der Waals surface area contributed by atoms with Crippen molar-refractivity contribution in [3.05, 3.63) is 63.6 Å². The Morgan fingerprint density at radius 3 is 2.63 bits per heavy atom. The number of aryl methyl sites for hydroxylation is 1. The van der Waals surface area contributed by atoms with Gasteiger partial charge in [-0.2, -0.15) is 0 Å². The lowest BCUT2D eigenvalue weighted by Gasteiger charge is -2.11. The lowest BCUT2D eigenvalue weighted by Crippen LogP contribution is -2.11. The number of anilines is 1. The van der Waals surface area contributed by atoms with Gasteiger partial charge in [0.15, 0.2) is 0 Å². The van der Waals surface area contributed by atoms with Crippen LogP contribution in [0.25, 0.3) is 0 Å². The zero-order valence-electron chi connectivity index (χ0n) is 10.6. The van der Waals surface area contributed by atoms with E-state index in [4.69, 9.17) is 5.73 Å². The van der Waals surface area contributed by atoms with E-state index in [1.54, 1.807) is 6.07 Å². The molecule has 3 nitrogen and oxygen atoms in total. The molecule has 0 aliphatic carbocycles. The van der Waals surface area contributed by atoms with E-state index in [9.17, 15) is 4.79 Å². The SMILES string of the molecule is Cc1cc(C(N)=O)ccc1CNc1ccccc1Br. The molecule has 1 amide bonds. The molecule has 0 aromatic heterocycles. The van der Waals surface area contributed by atoms with Gasteiger partial charge in [-0.25, -0.2) is 0 Å². The Bertz CT molecular complexity index is 611. The number of carbonyl (C=O) groups is 1. The van der Waals surface area contributed by atoms with Gasteiger partial charge in [0.05, 0.1) is 0 Å². The number of halogens is 1. The van der Waals surface area contributed by atoms with E-state index in [2.05, 4.69) is 21.2 Å². The van der Waals surface area contributed by atoms with Crippen LogP contribution < -0.4 is 11.1 Å². The van der Waals surface area contributed by atoms with Gasteiger partial charge in [-0.15, -0.1) is 0 Å². The maximum Gasteiger partial charge on any atom is 0.248 e. The standard InChI is InChI=1S/C15H15BrN2O/c1-10-8-11(15(17)19)6-7-12(10)9-18-14-5-3-2-4-13(14)16/h2-8,18H,9H2,1H3,(H2,17,19). The topological polar surface area (TPSA) is 55.1 Å². The summed E-state index contributed by atoms with van der Waals surface area (Å²) >= 11 is 3.50. The average Bonchev–Trinajstić information content (AvgIpc) is 2.39. The Labute approximate surface area is 121 Å². The van der Waals surface area contributed by atoms with E-state index in [-0.39, 0.29) is 0 Å². The van der Waals surface area contributed by atoms with Crippen molar-refractivity contribution < 1.29 is 4.79 Å². The van der Waals surface area contributed by atoms with Gasteiger partial charge in [-0.05, 0) is 58.2 Å². The van der Waals surface area contributed by atoms with Gasteiger partial charge in [0.25, 0.3) is 0 Å². The third-order valence-electron chi connectivity index (χ3n) is 2.97. The number of para-hydroxylation sites is 1. The van der Waals surface area contributed by atoms with Crippen LogP contribution in [0.5, 0.6) is 0 Å². The highest BCUT2D eigenvalue weighted by Gasteiger charge is 2.05. The molecule has 2 rings (SSSR count). The molecular weight excluding hydrogens is 304 g/mol. The summed E-state index contributed by atoms with van der Waals surface area (Å²) in [5.74, 6) is -0.395. The molecule has 98 valence electrons. The molecule has 0 aliphatic rings. The molecule has 3 N–H and O–H groups in total. The second-order valence-electron chi connectivity index (χ2n) is 4.34. The summed E-state index contributed by atoms with van der Waals surface area (Å²) in [6.07, 6.45) is 0. The van der Waals surface area contributed by atoms with Crippen molar-refractivity contribution in [3.63, 3.8) is 0 Å². The Hall–Kier alpha value is -1.81. The van der Waals surface area contributed by atoms with Crippen LogP contribution in [-0.4, -0.2) is 5.91 Å². The molecule has 0 saturated carbocycles. The van der Waals surface area contributed by atoms with Crippen molar-refractivity contribution in [2.45, 2.75) is 13.5 Å². The predicted octanol–water partition coefficient (Wildman–Crippen LogP) is 3.47. The highest BCUT2D eigenvalue weighted by atomic mass is 79.9. The molecule has 0 heterocycles. The molecule has 4 heteroatoms. The highest BCUT2D eigenvalue weighted by molar-refractivity contribution is 9.10. The van der Waals surface area contributed by atoms with Gasteiger partial charge in [-0.3, -0.25) is 4.79 Å². The molecule has 0 spiro atoms. The predicted molar refractivity (Wildman–Crippen MR) is 81.2 cm³/mol. The van der Waals surface area contributed by atoms with E-state index in [0.717, 1.165) is 21.3 Å². The van der Waals surface area contributed by atoms with Crippen molar-refractivity contribution in [3.8, 4) is 0 Å². The van der Waals surface area contributed by atoms with Gasteiger partial charge in [0, 0.05) is 22.3 Å². The fourth-order valence-corrected chi connectivity index (χ4v) is 2.27. The molecule has 19 heavy (non-hydrogen) atoms. The first-order valence-corrected chi connectivity index (χ1v) is 6.75. The normalized spacial score (nSPS) is 10.2. The number of hydrogen-bond acceptors (Lipinski definition) is 2. The highest BCUT2D eigenvalue weighted by Crippen LogP contribution is 2.22. The van der Waals surface area contributed by atoms with Crippen LogP contribution in [-0.2, 0) is 6.54 Å². The third-order valence-corrected chi connectivity index (χ3v) is 3.66. The van der Waals surface area contributed by atoms with Gasteiger partial charge >= 0.3 is 0 Å². The Kier molecular flexibility index (Phi) is 4.22. The Morgan fingerprint density at radius 2 is 2.00 bits per heavy atom. The van der Waals surface area contributed by atoms with Gasteiger partial charge < -0.3 is 11.1 Å². The number of nitrogens with one attached hydrogen (secondary N) is 1. The largest absolute Gasteiger partial charge is 0.380 e. The minimum Gasteiger partial charge on any atom is -0.380 e. The van der Waals surface area contributed by atoms with Crippen molar-refractivity contribution in [2.75, 3.05) is 5.32 Å². The van der Waals surface area contributed by atoms with Crippen LogP contribution in [0.1, 0.15) is 21.5 Å². The molecular formula is C15H15BrN2O. The van der Waals surface area contributed by atoms with Crippen LogP contribution in [0, 0.1) is 6.92 Å². The Morgan fingerprint density at radius 1 is 1.26 bits per heavy atom. The van der Waals surface area contributed by atoms with E-state index in [1.807, 2.05) is 43.3 Å². The molecule has 0 aliphatic heterocycles. The summed E-state index contributed by atoms with van der Waals surface area (Å²) in [5.41, 5.74) is 9.03. The van der Waals surface area contributed by atoms with Crippen molar-refractivity contribution in [1.29, 1.82) is 0 Å². The molecule has 2 aromatic carbocycles. The summed E-state index contributed by atoms with van der Waals surface area (Å²) in [5, 5.41) is 3.36. The third kappa shape index (κ3) is 3.35. The Balaban J connectivity index is 2.12. The van der Waals surface area contributed by atoms with E-state index in [0.29, 0.717) is 12.1 Å². The minimum absolute atomic E-state index is 0.395. The second kappa shape index (κ2) is 5.89. The molecule has 0 saturated heterocycles. The van der Waals surface area contributed by atoms with Crippen molar-refractivity contribution in [2.24, 2.45) is 5.73 Å². The van der Waals surface area contributed by atoms with Crippen LogP contribution in [0.3, 0.4) is 0 Å². The minimum atomic E-state index is -0.395. The average molecular weight is 319 g/mol. The number of rotatable bonds is 4. The van der Waals surface area contributed by atoms with E-state index < -0.39 is 5.91 Å². The molecule has 0 radical (unpaired) electrons. The summed E-state index contributed by atoms with van der Waals surface area (Å²) in [4.78, 5) is 11.1. The van der Waals surface area contributed by atoms with Gasteiger partial charge in [0.2, 0.25) is 5.91 Å². The van der Waals surface area contributed by atoms with Crippen molar-refractivity contribution in [1.82, 2.24) is 0 Å². The number of amides is 1. The van der Waals surface area contributed by atoms with E-state index >= 15 is 0 Å². The molecule has 0 fully saturated rings. The zero-order valence-corrected chi connectivity index (χ0v) is 12.2. The maximum atomic E-state index is 11.1. The number of hydrogen-bond donors (Lipinski definition) is 2. The van der Waals surface area contributed by atoms with Crippen molar-refractivity contribution >= 4 is 27.5 Å². The molecule has 0 unspecified atom stereocenters. The summed E-state index contributed by atoms with van der Waals surface area (Å²) in [6, 6.07) is 13.5. The van der Waals surface area contributed by atoms with E-state index in [1.165, 1.54) is 0 Å². The monoisotopic (exact) mass is 318 g/mol. The van der Waals surface area contributed by atoms with Crippen LogP contribution >= 0.6 is 15.9 Å². The summed E-state index contributed by atoms with van der Waals surface area (Å²) < 4.78 is 1.03. The van der Waals surface area contributed by atoms with Gasteiger partial charge in [-0.1, -0.05) is 18.2 Å². The number of benzene rings is 2. The maximum absolute atomic E-state index is 11.1. The number of primary amides is 1. The molecule has 2 aromatic rings. The number of carbonyl (C=O) groups excluding carboxylic acids is 1.